The van der Waals surface area contributed by atoms with Crippen molar-refractivity contribution in [1.29, 1.82) is 0 Å². The maximum Gasteiger partial charge on any atom is 0.241 e. The first kappa shape index (κ1) is 15.1. The summed E-state index contributed by atoms with van der Waals surface area (Å²) in [4.78, 5) is 22.5. The van der Waals surface area contributed by atoms with Crippen LogP contribution in [-0.2, 0) is 22.7 Å². The molecule has 1 rings (SSSR count). The lowest BCUT2D eigenvalue weighted by atomic mass is 10.3. The number of nitrogens with two attached hydrogens (primary N) is 1. The molecule has 1 aromatic rings. The van der Waals surface area contributed by atoms with Gasteiger partial charge in [-0.25, -0.2) is 4.68 Å². The second-order valence-corrected chi connectivity index (χ2v) is 4.09. The van der Waals surface area contributed by atoms with E-state index in [0.29, 0.717) is 12.2 Å². The molecule has 0 saturated carbocycles. The number of aromatic nitrogens is 3. The highest BCUT2D eigenvalue weighted by molar-refractivity contribution is 5.77. The molecule has 0 aliphatic heterocycles. The molecule has 106 valence electrons. The van der Waals surface area contributed by atoms with Crippen molar-refractivity contribution in [2.45, 2.75) is 32.9 Å². The molecule has 0 spiro atoms. The molecule has 0 aliphatic carbocycles. The maximum absolute atomic E-state index is 11.5. The van der Waals surface area contributed by atoms with E-state index in [1.165, 1.54) is 4.68 Å². The third kappa shape index (κ3) is 5.96. The Morgan fingerprint density at radius 3 is 2.84 bits per heavy atom. The molecule has 1 heterocycles. The van der Waals surface area contributed by atoms with Gasteiger partial charge in [0, 0.05) is 6.54 Å². The van der Waals surface area contributed by atoms with E-state index in [4.69, 9.17) is 5.73 Å². The summed E-state index contributed by atoms with van der Waals surface area (Å²) < 4.78 is 1.44. The number of amides is 2. The monoisotopic (exact) mass is 268 g/mol. The molecule has 19 heavy (non-hydrogen) atoms. The number of carbonyl (C=O) groups excluding carboxylic acids is 2. The summed E-state index contributed by atoms with van der Waals surface area (Å²) in [6, 6.07) is 0. The highest BCUT2D eigenvalue weighted by Gasteiger charge is 2.06. The Morgan fingerprint density at radius 1 is 1.37 bits per heavy atom. The fraction of sp³-hybridized carbons (Fsp3) is 0.636. The number of hydrogen-bond acceptors (Lipinski definition) is 5. The van der Waals surface area contributed by atoms with Crippen molar-refractivity contribution in [3.63, 3.8) is 0 Å². The van der Waals surface area contributed by atoms with Crippen LogP contribution in [0.15, 0.2) is 6.20 Å². The van der Waals surface area contributed by atoms with Gasteiger partial charge in [-0.05, 0) is 6.42 Å². The molecule has 0 bridgehead atoms. The zero-order valence-corrected chi connectivity index (χ0v) is 11.1. The van der Waals surface area contributed by atoms with Crippen molar-refractivity contribution >= 4 is 11.8 Å². The number of rotatable bonds is 8. The Morgan fingerprint density at radius 2 is 2.16 bits per heavy atom. The van der Waals surface area contributed by atoms with Gasteiger partial charge < -0.3 is 16.4 Å². The summed E-state index contributed by atoms with van der Waals surface area (Å²) in [7, 11) is 0. The zero-order valence-electron chi connectivity index (χ0n) is 11.1. The van der Waals surface area contributed by atoms with Crippen LogP contribution in [0, 0.1) is 0 Å². The number of nitrogens with one attached hydrogen (secondary N) is 2. The van der Waals surface area contributed by atoms with Gasteiger partial charge in [0.1, 0.15) is 12.2 Å². The van der Waals surface area contributed by atoms with Gasteiger partial charge in [-0.2, -0.15) is 0 Å². The molecule has 8 heteroatoms. The van der Waals surface area contributed by atoms with Crippen LogP contribution < -0.4 is 16.4 Å². The van der Waals surface area contributed by atoms with Crippen molar-refractivity contribution in [2.75, 3.05) is 13.1 Å². The van der Waals surface area contributed by atoms with Crippen LogP contribution in [0.25, 0.3) is 0 Å². The SMILES string of the molecule is CCCCNC(=O)Cn1cc(CNC(=O)CN)nn1. The second-order valence-electron chi connectivity index (χ2n) is 4.09. The summed E-state index contributed by atoms with van der Waals surface area (Å²) in [6.07, 6.45) is 3.62. The summed E-state index contributed by atoms with van der Waals surface area (Å²) in [5.74, 6) is -0.359. The lowest BCUT2D eigenvalue weighted by molar-refractivity contribution is -0.122. The summed E-state index contributed by atoms with van der Waals surface area (Å²) >= 11 is 0. The van der Waals surface area contributed by atoms with Crippen molar-refractivity contribution in [3.05, 3.63) is 11.9 Å². The van der Waals surface area contributed by atoms with Crippen molar-refractivity contribution < 1.29 is 9.59 Å². The van der Waals surface area contributed by atoms with E-state index in [1.807, 2.05) is 0 Å². The molecule has 4 N–H and O–H groups in total. The van der Waals surface area contributed by atoms with Gasteiger partial charge >= 0.3 is 0 Å². The van der Waals surface area contributed by atoms with Gasteiger partial charge in [0.25, 0.3) is 0 Å². The number of hydrogen-bond donors (Lipinski definition) is 3. The van der Waals surface area contributed by atoms with E-state index in [-0.39, 0.29) is 31.4 Å². The van der Waals surface area contributed by atoms with Gasteiger partial charge in [0.05, 0.1) is 19.3 Å². The summed E-state index contributed by atoms with van der Waals surface area (Å²) in [5.41, 5.74) is 5.75. The Bertz CT molecular complexity index is 417. The first-order valence-corrected chi connectivity index (χ1v) is 6.28. The second kappa shape index (κ2) is 8.20. The molecule has 0 aliphatic rings. The number of unbranched alkanes of at least 4 members (excludes halogenated alkanes) is 1. The first-order valence-electron chi connectivity index (χ1n) is 6.28. The highest BCUT2D eigenvalue weighted by atomic mass is 16.2. The van der Waals surface area contributed by atoms with Gasteiger partial charge in [-0.1, -0.05) is 18.6 Å². The molecule has 0 fully saturated rings. The molecule has 1 aromatic heterocycles. The molecular weight excluding hydrogens is 248 g/mol. The minimum absolute atomic E-state index is 0.0615. The fourth-order valence-electron chi connectivity index (χ4n) is 1.37. The maximum atomic E-state index is 11.5. The fourth-order valence-corrected chi connectivity index (χ4v) is 1.37. The summed E-state index contributed by atoms with van der Waals surface area (Å²) in [6.45, 7) is 3.05. The van der Waals surface area contributed by atoms with Gasteiger partial charge in [0.2, 0.25) is 11.8 Å². The number of nitrogens with zero attached hydrogens (tertiary/aromatic N) is 3. The molecule has 8 nitrogen and oxygen atoms in total. The van der Waals surface area contributed by atoms with Crippen LogP contribution in [0.4, 0.5) is 0 Å². The first-order chi connectivity index (χ1) is 9.15. The minimum atomic E-state index is -0.258. The average molecular weight is 268 g/mol. The van der Waals surface area contributed by atoms with E-state index < -0.39 is 0 Å². The van der Waals surface area contributed by atoms with E-state index >= 15 is 0 Å². The Labute approximate surface area is 111 Å². The van der Waals surface area contributed by atoms with Crippen LogP contribution in [0.3, 0.4) is 0 Å². The topological polar surface area (TPSA) is 115 Å². The van der Waals surface area contributed by atoms with Crippen LogP contribution in [0.1, 0.15) is 25.5 Å². The largest absolute Gasteiger partial charge is 0.354 e. The van der Waals surface area contributed by atoms with Crippen LogP contribution >= 0.6 is 0 Å². The van der Waals surface area contributed by atoms with Gasteiger partial charge in [-0.3, -0.25) is 9.59 Å². The quantitative estimate of drug-likeness (QED) is 0.511. The highest BCUT2D eigenvalue weighted by Crippen LogP contribution is 1.93. The van der Waals surface area contributed by atoms with Gasteiger partial charge in [0.15, 0.2) is 0 Å². The molecule has 0 unspecified atom stereocenters. The zero-order chi connectivity index (χ0) is 14.1. The van der Waals surface area contributed by atoms with Gasteiger partial charge in [-0.15, -0.1) is 5.10 Å². The standard InChI is InChI=1S/C11H20N6O2/c1-2-3-4-13-11(19)8-17-7-9(15-16-17)6-14-10(18)5-12/h7H,2-6,8,12H2,1H3,(H,13,19)(H,14,18). The predicted molar refractivity (Wildman–Crippen MR) is 68.8 cm³/mol. The molecule has 2 amide bonds. The number of carbonyl (C=O) groups is 2. The molecule has 0 radical (unpaired) electrons. The lowest BCUT2D eigenvalue weighted by Gasteiger charge is -2.03. The summed E-state index contributed by atoms with van der Waals surface area (Å²) in [5, 5.41) is 13.0. The molecular formula is C11H20N6O2. The Hall–Kier alpha value is -1.96. The van der Waals surface area contributed by atoms with Crippen LogP contribution in [-0.4, -0.2) is 39.9 Å². The normalized spacial score (nSPS) is 10.2. The average Bonchev–Trinajstić information content (AvgIpc) is 2.83. The van der Waals surface area contributed by atoms with E-state index in [9.17, 15) is 9.59 Å². The van der Waals surface area contributed by atoms with Crippen LogP contribution in [0.5, 0.6) is 0 Å². The molecule has 0 saturated heterocycles. The third-order valence-corrected chi connectivity index (χ3v) is 2.40. The van der Waals surface area contributed by atoms with Crippen molar-refractivity contribution in [2.24, 2.45) is 5.73 Å². The Balaban J connectivity index is 2.33. The van der Waals surface area contributed by atoms with E-state index in [0.717, 1.165) is 12.8 Å². The molecule has 0 aromatic carbocycles. The smallest absolute Gasteiger partial charge is 0.241 e. The lowest BCUT2D eigenvalue weighted by Crippen LogP contribution is -2.29. The van der Waals surface area contributed by atoms with Crippen LogP contribution in [0.2, 0.25) is 0 Å². The third-order valence-electron chi connectivity index (χ3n) is 2.40. The predicted octanol–water partition coefficient (Wildman–Crippen LogP) is -1.23. The van der Waals surface area contributed by atoms with Crippen molar-refractivity contribution in [1.82, 2.24) is 25.6 Å². The van der Waals surface area contributed by atoms with E-state index in [2.05, 4.69) is 27.9 Å². The van der Waals surface area contributed by atoms with Crippen molar-refractivity contribution in [3.8, 4) is 0 Å². The Kier molecular flexibility index (Phi) is 6.51. The van der Waals surface area contributed by atoms with E-state index in [1.54, 1.807) is 6.20 Å². The molecule has 0 atom stereocenters. The minimum Gasteiger partial charge on any atom is -0.354 e.